The van der Waals surface area contributed by atoms with Crippen LogP contribution in [-0.2, 0) is 11.2 Å². The molecule has 0 aliphatic rings. The van der Waals surface area contributed by atoms with Crippen molar-refractivity contribution in [2.24, 2.45) is 0 Å². The summed E-state index contributed by atoms with van der Waals surface area (Å²) >= 11 is 12.2. The highest BCUT2D eigenvalue weighted by molar-refractivity contribution is 9.11. The number of nitrogens with zero attached hydrogens (tertiary/aromatic N) is 2. The average Bonchev–Trinajstić information content (AvgIpc) is 2.44. The van der Waals surface area contributed by atoms with E-state index in [2.05, 4.69) is 42.3 Å². The number of hydrogen-bond donors (Lipinski definition) is 1. The molecule has 0 radical (unpaired) electrons. The van der Waals surface area contributed by atoms with E-state index in [1.807, 2.05) is 13.0 Å². The standard InChI is InChI=1S/C13H12Br2ClN3O2/c1-2-3-10-17-12-8(4-7(14)5-9(12)15)13(21)19(10)18-11(20)6-16/h4-5H,2-3,6H2,1H3,(H,18,20). The Kier molecular flexibility index (Phi) is 5.40. The van der Waals surface area contributed by atoms with Crippen LogP contribution in [0.1, 0.15) is 19.2 Å². The first-order chi connectivity index (χ1) is 9.97. The van der Waals surface area contributed by atoms with Gasteiger partial charge in [-0.15, -0.1) is 11.6 Å². The van der Waals surface area contributed by atoms with Crippen molar-refractivity contribution in [2.45, 2.75) is 19.8 Å². The minimum Gasteiger partial charge on any atom is -0.272 e. The van der Waals surface area contributed by atoms with Crippen molar-refractivity contribution in [3.05, 3.63) is 37.3 Å². The number of rotatable bonds is 4. The molecule has 1 N–H and O–H groups in total. The van der Waals surface area contributed by atoms with Crippen LogP contribution >= 0.6 is 43.5 Å². The number of hydrogen-bond acceptors (Lipinski definition) is 3. The smallest absolute Gasteiger partial charge is 0.272 e. The van der Waals surface area contributed by atoms with Gasteiger partial charge in [0.05, 0.1) is 10.9 Å². The Hall–Kier alpha value is -0.920. The van der Waals surface area contributed by atoms with Gasteiger partial charge < -0.3 is 0 Å². The second kappa shape index (κ2) is 6.89. The molecule has 0 fully saturated rings. The van der Waals surface area contributed by atoms with E-state index in [-0.39, 0.29) is 11.4 Å². The van der Waals surface area contributed by atoms with Gasteiger partial charge in [-0.2, -0.15) is 0 Å². The number of benzene rings is 1. The van der Waals surface area contributed by atoms with E-state index in [1.165, 1.54) is 4.68 Å². The number of fused-ring (bicyclic) bond motifs is 1. The molecule has 0 aliphatic heterocycles. The predicted octanol–water partition coefficient (Wildman–Crippen LogP) is 3.18. The number of amides is 1. The van der Waals surface area contributed by atoms with Crippen LogP contribution < -0.4 is 11.0 Å². The van der Waals surface area contributed by atoms with Crippen molar-refractivity contribution in [1.82, 2.24) is 9.66 Å². The second-order valence-corrected chi connectivity index (χ2v) is 6.41. The number of alkyl halides is 1. The zero-order valence-corrected chi connectivity index (χ0v) is 15.0. The molecule has 0 bridgehead atoms. The molecule has 0 aliphatic carbocycles. The van der Waals surface area contributed by atoms with Crippen LogP contribution in [0.2, 0.25) is 0 Å². The van der Waals surface area contributed by atoms with E-state index in [0.717, 1.165) is 15.4 Å². The summed E-state index contributed by atoms with van der Waals surface area (Å²) in [6.07, 6.45) is 1.36. The van der Waals surface area contributed by atoms with E-state index >= 15 is 0 Å². The largest absolute Gasteiger partial charge is 0.280 e. The zero-order valence-electron chi connectivity index (χ0n) is 11.1. The lowest BCUT2D eigenvalue weighted by Gasteiger charge is -2.14. The molecule has 0 saturated carbocycles. The van der Waals surface area contributed by atoms with Crippen LogP contribution in [0.4, 0.5) is 0 Å². The van der Waals surface area contributed by atoms with E-state index in [9.17, 15) is 9.59 Å². The van der Waals surface area contributed by atoms with Crippen molar-refractivity contribution >= 4 is 60.3 Å². The number of carbonyl (C=O) groups is 1. The fourth-order valence-corrected chi connectivity index (χ4v) is 3.29. The Labute approximate surface area is 142 Å². The lowest BCUT2D eigenvalue weighted by Crippen LogP contribution is -2.37. The van der Waals surface area contributed by atoms with Gasteiger partial charge in [0, 0.05) is 15.4 Å². The van der Waals surface area contributed by atoms with E-state index in [1.54, 1.807) is 6.07 Å². The summed E-state index contributed by atoms with van der Waals surface area (Å²) in [4.78, 5) is 28.6. The molecule has 21 heavy (non-hydrogen) atoms. The van der Waals surface area contributed by atoms with Crippen LogP contribution in [0, 0.1) is 0 Å². The van der Waals surface area contributed by atoms with Crippen molar-refractivity contribution in [2.75, 3.05) is 11.3 Å². The monoisotopic (exact) mass is 435 g/mol. The topological polar surface area (TPSA) is 64.0 Å². The SMILES string of the molecule is CCCc1nc2c(Br)cc(Br)cc2c(=O)n1NC(=O)CCl. The lowest BCUT2D eigenvalue weighted by atomic mass is 10.2. The Morgan fingerprint density at radius 3 is 2.76 bits per heavy atom. The zero-order chi connectivity index (χ0) is 15.6. The third-order valence-corrected chi connectivity index (χ3v) is 4.10. The molecule has 0 spiro atoms. The van der Waals surface area contributed by atoms with Gasteiger partial charge in [-0.05, 0) is 34.5 Å². The lowest BCUT2D eigenvalue weighted by molar-refractivity contribution is -0.114. The van der Waals surface area contributed by atoms with E-state index < -0.39 is 5.91 Å². The average molecular weight is 438 g/mol. The fraction of sp³-hybridized carbons (Fsp3) is 0.308. The highest BCUT2D eigenvalue weighted by Gasteiger charge is 2.15. The van der Waals surface area contributed by atoms with Gasteiger partial charge >= 0.3 is 0 Å². The molecule has 1 aromatic heterocycles. The Bertz CT molecular complexity index is 761. The number of carbonyl (C=O) groups excluding carboxylic acids is 1. The molecule has 1 heterocycles. The van der Waals surface area contributed by atoms with Gasteiger partial charge in [-0.25, -0.2) is 9.66 Å². The quantitative estimate of drug-likeness (QED) is 0.748. The summed E-state index contributed by atoms with van der Waals surface area (Å²) in [5.41, 5.74) is 2.73. The highest BCUT2D eigenvalue weighted by atomic mass is 79.9. The van der Waals surface area contributed by atoms with Gasteiger partial charge in [0.1, 0.15) is 11.7 Å². The van der Waals surface area contributed by atoms with Crippen molar-refractivity contribution in [3.8, 4) is 0 Å². The Balaban J connectivity index is 2.75. The minimum atomic E-state index is -0.452. The van der Waals surface area contributed by atoms with Gasteiger partial charge in [0.15, 0.2) is 0 Å². The summed E-state index contributed by atoms with van der Waals surface area (Å²) in [6, 6.07) is 3.50. The molecule has 0 unspecified atom stereocenters. The molecule has 5 nitrogen and oxygen atoms in total. The first kappa shape index (κ1) is 16.5. The maximum absolute atomic E-state index is 12.6. The summed E-state index contributed by atoms with van der Waals surface area (Å²) in [7, 11) is 0. The summed E-state index contributed by atoms with van der Waals surface area (Å²) in [5, 5.41) is 0.408. The van der Waals surface area contributed by atoms with Gasteiger partial charge in [-0.1, -0.05) is 22.9 Å². The van der Waals surface area contributed by atoms with E-state index in [4.69, 9.17) is 11.6 Å². The second-order valence-electron chi connectivity index (χ2n) is 4.37. The summed E-state index contributed by atoms with van der Waals surface area (Å²) < 4.78 is 2.64. The molecule has 0 saturated heterocycles. The van der Waals surface area contributed by atoms with Crippen molar-refractivity contribution in [1.29, 1.82) is 0 Å². The molecule has 1 aromatic carbocycles. The Morgan fingerprint density at radius 2 is 2.14 bits per heavy atom. The van der Waals surface area contributed by atoms with Gasteiger partial charge in [-0.3, -0.25) is 15.0 Å². The normalized spacial score (nSPS) is 10.9. The molecular weight excluding hydrogens is 425 g/mol. The van der Waals surface area contributed by atoms with Gasteiger partial charge in [0.2, 0.25) is 0 Å². The number of aromatic nitrogens is 2. The molecule has 0 atom stereocenters. The Morgan fingerprint density at radius 1 is 1.43 bits per heavy atom. The summed E-state index contributed by atoms with van der Waals surface area (Å²) in [6.45, 7) is 1.97. The fourth-order valence-electron chi connectivity index (χ4n) is 1.92. The highest BCUT2D eigenvalue weighted by Crippen LogP contribution is 2.25. The van der Waals surface area contributed by atoms with E-state index in [0.29, 0.717) is 23.1 Å². The minimum absolute atomic E-state index is 0.224. The molecule has 1 amide bonds. The molecule has 2 aromatic rings. The molecular formula is C13H12Br2ClN3O2. The summed E-state index contributed by atoms with van der Waals surface area (Å²) in [5.74, 6) is -0.180. The third-order valence-electron chi connectivity index (χ3n) is 2.79. The number of aryl methyl sites for hydroxylation is 1. The third kappa shape index (κ3) is 3.46. The maximum Gasteiger partial charge on any atom is 0.280 e. The maximum atomic E-state index is 12.6. The van der Waals surface area contributed by atoms with Crippen LogP contribution in [0.5, 0.6) is 0 Å². The first-order valence-corrected chi connectivity index (χ1v) is 8.36. The predicted molar refractivity (Wildman–Crippen MR) is 90.5 cm³/mol. The van der Waals surface area contributed by atoms with Crippen molar-refractivity contribution < 1.29 is 4.79 Å². The number of nitrogens with one attached hydrogen (secondary N) is 1. The van der Waals surface area contributed by atoms with Crippen LogP contribution in [0.25, 0.3) is 10.9 Å². The van der Waals surface area contributed by atoms with Gasteiger partial charge in [0.25, 0.3) is 11.5 Å². The van der Waals surface area contributed by atoms with Crippen LogP contribution in [0.3, 0.4) is 0 Å². The molecule has 112 valence electrons. The molecule has 2 rings (SSSR count). The first-order valence-electron chi connectivity index (χ1n) is 6.24. The molecule has 8 heteroatoms. The van der Waals surface area contributed by atoms with Crippen LogP contribution in [-0.4, -0.2) is 21.4 Å². The van der Waals surface area contributed by atoms with Crippen molar-refractivity contribution in [3.63, 3.8) is 0 Å². The van der Waals surface area contributed by atoms with Crippen LogP contribution in [0.15, 0.2) is 25.9 Å². The number of halogens is 3.